The monoisotopic (exact) mass is 210 g/mol. The summed E-state index contributed by atoms with van der Waals surface area (Å²) in [6, 6.07) is 0. The normalized spacial score (nSPS) is 25.4. The van der Waals surface area contributed by atoms with E-state index in [1.807, 2.05) is 0 Å². The second-order valence-electron chi connectivity index (χ2n) is 5.72. The van der Waals surface area contributed by atoms with Crippen molar-refractivity contribution in [2.45, 2.75) is 41.0 Å². The standard InChI is InChI=1S/C12H18O3/c1-7(13)8-9(14)11(2,3)6-12(4,5)10(8)15/h8H,6H2,1-5H3. The predicted octanol–water partition coefficient (Wildman–Crippen LogP) is 1.79. The first-order chi connectivity index (χ1) is 6.59. The molecule has 3 nitrogen and oxygen atoms in total. The second-order valence-corrected chi connectivity index (χ2v) is 5.72. The summed E-state index contributed by atoms with van der Waals surface area (Å²) in [5.41, 5.74) is -1.15. The zero-order valence-electron chi connectivity index (χ0n) is 10.0. The molecule has 0 spiro atoms. The number of hydrogen-bond acceptors (Lipinski definition) is 3. The van der Waals surface area contributed by atoms with Crippen LogP contribution in [0.5, 0.6) is 0 Å². The van der Waals surface area contributed by atoms with E-state index in [4.69, 9.17) is 0 Å². The van der Waals surface area contributed by atoms with Crippen LogP contribution < -0.4 is 0 Å². The van der Waals surface area contributed by atoms with Crippen molar-refractivity contribution in [3.8, 4) is 0 Å². The van der Waals surface area contributed by atoms with Crippen LogP contribution in [-0.2, 0) is 14.4 Å². The van der Waals surface area contributed by atoms with E-state index >= 15 is 0 Å². The molecule has 0 saturated heterocycles. The number of hydrogen-bond donors (Lipinski definition) is 0. The predicted molar refractivity (Wildman–Crippen MR) is 56.4 cm³/mol. The lowest BCUT2D eigenvalue weighted by atomic mass is 9.59. The fourth-order valence-corrected chi connectivity index (χ4v) is 2.55. The number of ketones is 3. The molecule has 3 heteroatoms. The first-order valence-electron chi connectivity index (χ1n) is 5.19. The van der Waals surface area contributed by atoms with Crippen LogP contribution in [0.2, 0.25) is 0 Å². The van der Waals surface area contributed by atoms with Crippen LogP contribution in [0.1, 0.15) is 41.0 Å². The summed E-state index contributed by atoms with van der Waals surface area (Å²) in [4.78, 5) is 35.2. The molecular formula is C12H18O3. The van der Waals surface area contributed by atoms with Gasteiger partial charge in [-0.3, -0.25) is 14.4 Å². The molecule has 1 fully saturated rings. The van der Waals surface area contributed by atoms with E-state index in [1.165, 1.54) is 6.92 Å². The Labute approximate surface area is 90.2 Å². The molecule has 0 aromatic rings. The van der Waals surface area contributed by atoms with Crippen LogP contribution in [0.15, 0.2) is 0 Å². The lowest BCUT2D eigenvalue weighted by Gasteiger charge is -2.41. The van der Waals surface area contributed by atoms with Crippen LogP contribution in [0, 0.1) is 16.7 Å². The summed E-state index contributed by atoms with van der Waals surface area (Å²) in [5, 5.41) is 0. The molecule has 15 heavy (non-hydrogen) atoms. The van der Waals surface area contributed by atoms with Gasteiger partial charge in [0.25, 0.3) is 0 Å². The minimum absolute atomic E-state index is 0.223. The molecule has 0 N–H and O–H groups in total. The van der Waals surface area contributed by atoms with E-state index in [1.54, 1.807) is 27.7 Å². The fourth-order valence-electron chi connectivity index (χ4n) is 2.55. The third-order valence-corrected chi connectivity index (χ3v) is 3.15. The lowest BCUT2D eigenvalue weighted by molar-refractivity contribution is -0.154. The van der Waals surface area contributed by atoms with E-state index in [9.17, 15) is 14.4 Å². The van der Waals surface area contributed by atoms with Crippen molar-refractivity contribution in [2.75, 3.05) is 0 Å². The molecule has 0 atom stereocenters. The molecule has 0 radical (unpaired) electrons. The summed E-state index contributed by atoms with van der Waals surface area (Å²) in [6.07, 6.45) is 0.515. The maximum atomic E-state index is 11.9. The summed E-state index contributed by atoms with van der Waals surface area (Å²) < 4.78 is 0. The van der Waals surface area contributed by atoms with Gasteiger partial charge in [0.15, 0.2) is 11.6 Å². The van der Waals surface area contributed by atoms with Crippen LogP contribution >= 0.6 is 0 Å². The lowest BCUT2D eigenvalue weighted by Crippen LogP contribution is -2.52. The quantitative estimate of drug-likeness (QED) is 0.620. The third kappa shape index (κ3) is 1.87. The summed E-state index contributed by atoms with van der Waals surface area (Å²) in [6.45, 7) is 8.54. The van der Waals surface area contributed by atoms with Crippen molar-refractivity contribution >= 4 is 17.3 Å². The van der Waals surface area contributed by atoms with Gasteiger partial charge in [-0.2, -0.15) is 0 Å². The van der Waals surface area contributed by atoms with Crippen LogP contribution in [-0.4, -0.2) is 17.3 Å². The minimum atomic E-state index is -1.04. The van der Waals surface area contributed by atoms with Gasteiger partial charge >= 0.3 is 0 Å². The van der Waals surface area contributed by atoms with Crippen molar-refractivity contribution in [1.29, 1.82) is 0 Å². The van der Waals surface area contributed by atoms with Crippen molar-refractivity contribution in [2.24, 2.45) is 16.7 Å². The van der Waals surface area contributed by atoms with E-state index in [2.05, 4.69) is 0 Å². The topological polar surface area (TPSA) is 51.2 Å². The maximum Gasteiger partial charge on any atom is 0.156 e. The van der Waals surface area contributed by atoms with Gasteiger partial charge in [-0.1, -0.05) is 27.7 Å². The highest BCUT2D eigenvalue weighted by molar-refractivity contribution is 6.22. The van der Waals surface area contributed by atoms with Crippen LogP contribution in [0.25, 0.3) is 0 Å². The van der Waals surface area contributed by atoms with Crippen LogP contribution in [0.3, 0.4) is 0 Å². The summed E-state index contributed by atoms with van der Waals surface area (Å²) in [5.74, 6) is -1.81. The first kappa shape index (κ1) is 12.1. The molecule has 1 aliphatic rings. The maximum absolute atomic E-state index is 11.9. The van der Waals surface area contributed by atoms with Gasteiger partial charge in [-0.25, -0.2) is 0 Å². The summed E-state index contributed by atoms with van der Waals surface area (Å²) in [7, 11) is 0. The average molecular weight is 210 g/mol. The van der Waals surface area contributed by atoms with E-state index in [0.717, 1.165) is 0 Å². The number of Topliss-reactive ketones (excluding diaryl/α,β-unsaturated/α-hetero) is 3. The molecule has 0 aliphatic heterocycles. The van der Waals surface area contributed by atoms with E-state index in [-0.39, 0.29) is 17.3 Å². The Morgan fingerprint density at radius 2 is 1.40 bits per heavy atom. The van der Waals surface area contributed by atoms with Gasteiger partial charge in [0, 0.05) is 10.8 Å². The molecule has 1 aliphatic carbocycles. The highest BCUT2D eigenvalue weighted by Gasteiger charge is 2.52. The van der Waals surface area contributed by atoms with E-state index < -0.39 is 16.7 Å². The highest BCUT2D eigenvalue weighted by atomic mass is 16.2. The first-order valence-corrected chi connectivity index (χ1v) is 5.19. The Kier molecular flexibility index (Phi) is 2.62. The minimum Gasteiger partial charge on any atom is -0.299 e. The second kappa shape index (κ2) is 3.26. The van der Waals surface area contributed by atoms with Crippen molar-refractivity contribution in [3.63, 3.8) is 0 Å². The van der Waals surface area contributed by atoms with Crippen molar-refractivity contribution < 1.29 is 14.4 Å². The third-order valence-electron chi connectivity index (χ3n) is 3.15. The number of carbonyl (C=O) groups excluding carboxylic acids is 3. The van der Waals surface area contributed by atoms with Crippen molar-refractivity contribution in [1.82, 2.24) is 0 Å². The van der Waals surface area contributed by atoms with Gasteiger partial charge < -0.3 is 0 Å². The molecule has 1 rings (SSSR count). The van der Waals surface area contributed by atoms with E-state index in [0.29, 0.717) is 6.42 Å². The molecule has 0 amide bonds. The number of rotatable bonds is 1. The molecule has 0 bridgehead atoms. The van der Waals surface area contributed by atoms with Gasteiger partial charge in [0.2, 0.25) is 0 Å². The molecule has 84 valence electrons. The fraction of sp³-hybridized carbons (Fsp3) is 0.750. The average Bonchev–Trinajstić information content (AvgIpc) is 1.99. The van der Waals surface area contributed by atoms with Gasteiger partial charge in [0.1, 0.15) is 11.7 Å². The number of carbonyl (C=O) groups is 3. The zero-order valence-corrected chi connectivity index (χ0v) is 10.0. The van der Waals surface area contributed by atoms with Crippen LogP contribution in [0.4, 0.5) is 0 Å². The summed E-state index contributed by atoms with van der Waals surface area (Å²) >= 11 is 0. The zero-order chi connectivity index (χ0) is 12.0. The van der Waals surface area contributed by atoms with Gasteiger partial charge in [0.05, 0.1) is 0 Å². The Morgan fingerprint density at radius 1 is 1.07 bits per heavy atom. The Balaban J connectivity index is 3.21. The van der Waals surface area contributed by atoms with Crippen molar-refractivity contribution in [3.05, 3.63) is 0 Å². The SMILES string of the molecule is CC(=O)C1C(=O)C(C)(C)CC(C)(C)C1=O. The largest absolute Gasteiger partial charge is 0.299 e. The highest BCUT2D eigenvalue weighted by Crippen LogP contribution is 2.43. The van der Waals surface area contributed by atoms with Gasteiger partial charge in [-0.15, -0.1) is 0 Å². The molecular weight excluding hydrogens is 192 g/mol. The Morgan fingerprint density at radius 3 is 1.67 bits per heavy atom. The molecule has 0 heterocycles. The molecule has 0 unspecified atom stereocenters. The van der Waals surface area contributed by atoms with Gasteiger partial charge in [-0.05, 0) is 13.3 Å². The smallest absolute Gasteiger partial charge is 0.156 e. The molecule has 0 aromatic heterocycles. The Hall–Kier alpha value is -0.990. The molecule has 1 saturated carbocycles. The molecule has 0 aromatic carbocycles. The Bertz CT molecular complexity index is 311.